The van der Waals surface area contributed by atoms with Crippen molar-refractivity contribution in [3.63, 3.8) is 0 Å². The van der Waals surface area contributed by atoms with Crippen molar-refractivity contribution < 1.29 is 14.4 Å². The van der Waals surface area contributed by atoms with Crippen LogP contribution in [0.2, 0.25) is 0 Å². The van der Waals surface area contributed by atoms with Gasteiger partial charge in [0.15, 0.2) is 18.0 Å². The predicted octanol–water partition coefficient (Wildman–Crippen LogP) is 1.72. The molecule has 0 saturated carbocycles. The monoisotopic (exact) mass is 381 g/mol. The second-order valence-electron chi connectivity index (χ2n) is 7.18. The molecule has 3 aliphatic heterocycles. The highest BCUT2D eigenvalue weighted by atomic mass is 16.2. The maximum Gasteiger partial charge on any atom is 0.328 e. The van der Waals surface area contributed by atoms with Gasteiger partial charge in [-0.05, 0) is 20.8 Å². The summed E-state index contributed by atoms with van der Waals surface area (Å²) in [6, 6.07) is 7.55. The Balaban J connectivity index is 1.65. The van der Waals surface area contributed by atoms with Gasteiger partial charge >= 0.3 is 6.03 Å². The quantitative estimate of drug-likeness (QED) is 0.742. The molecule has 1 aromatic carbocycles. The topological polar surface area (TPSA) is 76.5 Å². The number of aliphatic imine (C=N–C) groups is 1. The van der Waals surface area contributed by atoms with E-state index in [1.807, 2.05) is 36.6 Å². The summed E-state index contributed by atoms with van der Waals surface area (Å²) in [6.45, 7) is 6.41. The van der Waals surface area contributed by atoms with E-state index >= 15 is 0 Å². The predicted molar refractivity (Wildman–Crippen MR) is 103 cm³/mol. The molecule has 8 nitrogen and oxygen atoms in total. The summed E-state index contributed by atoms with van der Waals surface area (Å²) < 4.78 is 0. The summed E-state index contributed by atoms with van der Waals surface area (Å²) >= 11 is 0. The van der Waals surface area contributed by atoms with Gasteiger partial charge in [0, 0.05) is 30.5 Å². The lowest BCUT2D eigenvalue weighted by Crippen LogP contribution is -2.65. The summed E-state index contributed by atoms with van der Waals surface area (Å²) in [5.74, 6) is 0.0336. The van der Waals surface area contributed by atoms with Crippen LogP contribution < -0.4 is 0 Å². The van der Waals surface area contributed by atoms with Crippen LogP contribution in [0.3, 0.4) is 0 Å². The Bertz CT molecular complexity index is 923. The fourth-order valence-corrected chi connectivity index (χ4v) is 4.06. The van der Waals surface area contributed by atoms with Crippen LogP contribution in [0, 0.1) is 0 Å². The Labute approximate surface area is 163 Å². The van der Waals surface area contributed by atoms with Gasteiger partial charge in [0.1, 0.15) is 0 Å². The number of amides is 3. The molecule has 1 saturated heterocycles. The van der Waals surface area contributed by atoms with E-state index < -0.39 is 18.2 Å². The number of urea groups is 1. The average molecular weight is 381 g/mol. The average Bonchev–Trinajstić information content (AvgIpc) is 3.20. The van der Waals surface area contributed by atoms with E-state index in [4.69, 9.17) is 0 Å². The lowest BCUT2D eigenvalue weighted by Gasteiger charge is -2.40. The number of benzene rings is 1. The van der Waals surface area contributed by atoms with E-state index in [1.54, 1.807) is 31.3 Å². The minimum atomic E-state index is -0.646. The fourth-order valence-electron chi connectivity index (χ4n) is 4.06. The Morgan fingerprint density at radius 2 is 1.75 bits per heavy atom. The highest BCUT2D eigenvalue weighted by Gasteiger charge is 2.55. The largest absolute Gasteiger partial charge is 0.328 e. The normalized spacial score (nSPS) is 24.1. The maximum atomic E-state index is 13.3. The van der Waals surface area contributed by atoms with E-state index in [2.05, 4.69) is 4.99 Å². The number of allylic oxidation sites excluding steroid dienone is 2. The SMILES string of the molecule is CCN1C2=NC3C(C(=O)N(CC(=O)c4ccccc4)C(=O)N3C)N2C(C)=C1C. The number of nitrogens with zero attached hydrogens (tertiary/aromatic N) is 5. The Morgan fingerprint density at radius 1 is 1.07 bits per heavy atom. The van der Waals surface area contributed by atoms with Gasteiger partial charge in [0.2, 0.25) is 5.96 Å². The van der Waals surface area contributed by atoms with Gasteiger partial charge in [-0.3, -0.25) is 19.4 Å². The molecule has 2 atom stereocenters. The zero-order valence-electron chi connectivity index (χ0n) is 16.4. The third-order valence-electron chi connectivity index (χ3n) is 5.72. The number of hydrogen-bond donors (Lipinski definition) is 0. The van der Waals surface area contributed by atoms with Crippen LogP contribution >= 0.6 is 0 Å². The number of rotatable bonds is 4. The third-order valence-corrected chi connectivity index (χ3v) is 5.72. The summed E-state index contributed by atoms with van der Waals surface area (Å²) in [5, 5.41) is 0. The van der Waals surface area contributed by atoms with Crippen LogP contribution in [0.1, 0.15) is 31.1 Å². The molecule has 4 rings (SSSR count). The van der Waals surface area contributed by atoms with Gasteiger partial charge < -0.3 is 9.80 Å². The first-order chi connectivity index (χ1) is 13.4. The number of fused-ring (bicyclic) bond motifs is 3. The number of hydrogen-bond acceptors (Lipinski definition) is 6. The molecule has 3 aliphatic rings. The lowest BCUT2D eigenvalue weighted by atomic mass is 10.1. The van der Waals surface area contributed by atoms with Crippen LogP contribution in [0.15, 0.2) is 46.7 Å². The molecular formula is C20H23N5O3. The second kappa shape index (κ2) is 6.47. The van der Waals surface area contributed by atoms with Crippen LogP contribution in [-0.2, 0) is 4.79 Å². The fraction of sp³-hybridized carbons (Fsp3) is 0.400. The highest BCUT2D eigenvalue weighted by Crippen LogP contribution is 2.37. The van der Waals surface area contributed by atoms with E-state index in [0.29, 0.717) is 11.5 Å². The van der Waals surface area contributed by atoms with Crippen molar-refractivity contribution in [2.75, 3.05) is 20.1 Å². The molecule has 1 aromatic rings. The summed E-state index contributed by atoms with van der Waals surface area (Å²) in [7, 11) is 1.63. The van der Waals surface area contributed by atoms with E-state index in [0.717, 1.165) is 22.8 Å². The highest BCUT2D eigenvalue weighted by molar-refractivity contribution is 6.09. The molecule has 0 bridgehead atoms. The first-order valence-corrected chi connectivity index (χ1v) is 9.35. The van der Waals surface area contributed by atoms with Crippen molar-refractivity contribution in [2.24, 2.45) is 4.99 Å². The van der Waals surface area contributed by atoms with E-state index in [1.165, 1.54) is 4.90 Å². The summed E-state index contributed by atoms with van der Waals surface area (Å²) in [6.07, 6.45) is -0.588. The van der Waals surface area contributed by atoms with Crippen LogP contribution in [0.4, 0.5) is 4.79 Å². The molecular weight excluding hydrogens is 358 g/mol. The molecule has 146 valence electrons. The van der Waals surface area contributed by atoms with Crippen molar-refractivity contribution in [1.29, 1.82) is 0 Å². The van der Waals surface area contributed by atoms with Crippen molar-refractivity contribution in [3.05, 3.63) is 47.3 Å². The smallest absolute Gasteiger partial charge is 0.315 e. The number of Topliss-reactive ketones (excluding diaryl/α,β-unsaturated/α-hetero) is 1. The van der Waals surface area contributed by atoms with Crippen molar-refractivity contribution in [2.45, 2.75) is 33.0 Å². The Hall–Kier alpha value is -3.16. The minimum Gasteiger partial charge on any atom is -0.315 e. The molecule has 3 heterocycles. The molecule has 0 aromatic heterocycles. The van der Waals surface area contributed by atoms with Crippen molar-refractivity contribution in [3.8, 4) is 0 Å². The standard InChI is InChI=1S/C20H23N5O3/c1-5-23-12(2)13(3)25-16-17(21-19(23)25)22(4)20(28)24(18(16)27)11-15(26)14-9-7-6-8-10-14/h6-10,16-17H,5,11H2,1-4H3. The van der Waals surface area contributed by atoms with Crippen LogP contribution in [0.25, 0.3) is 0 Å². The molecule has 0 N–H and O–H groups in total. The molecule has 8 heteroatoms. The molecule has 28 heavy (non-hydrogen) atoms. The van der Waals surface area contributed by atoms with Gasteiger partial charge in [-0.15, -0.1) is 0 Å². The van der Waals surface area contributed by atoms with Crippen LogP contribution in [0.5, 0.6) is 0 Å². The van der Waals surface area contributed by atoms with Gasteiger partial charge in [-0.1, -0.05) is 30.3 Å². The molecule has 0 aliphatic carbocycles. The zero-order valence-corrected chi connectivity index (χ0v) is 16.4. The first-order valence-electron chi connectivity index (χ1n) is 9.35. The van der Waals surface area contributed by atoms with Crippen molar-refractivity contribution in [1.82, 2.24) is 19.6 Å². The van der Waals surface area contributed by atoms with Gasteiger partial charge in [-0.25, -0.2) is 9.79 Å². The van der Waals surface area contributed by atoms with Gasteiger partial charge in [-0.2, -0.15) is 0 Å². The number of imide groups is 1. The lowest BCUT2D eigenvalue weighted by molar-refractivity contribution is -0.136. The number of ketones is 1. The second-order valence-corrected chi connectivity index (χ2v) is 7.18. The first kappa shape index (κ1) is 18.2. The third kappa shape index (κ3) is 2.44. The maximum absolute atomic E-state index is 13.3. The molecule has 2 unspecified atom stereocenters. The molecule has 0 spiro atoms. The number of carbonyl (C=O) groups excluding carboxylic acids is 3. The van der Waals surface area contributed by atoms with Crippen molar-refractivity contribution >= 4 is 23.7 Å². The Kier molecular flexibility index (Phi) is 4.21. The van der Waals surface area contributed by atoms with Gasteiger partial charge in [0.25, 0.3) is 5.91 Å². The number of carbonyl (C=O) groups is 3. The molecule has 0 radical (unpaired) electrons. The summed E-state index contributed by atoms with van der Waals surface area (Å²) in [4.78, 5) is 49.9. The van der Waals surface area contributed by atoms with E-state index in [9.17, 15) is 14.4 Å². The molecule has 1 fully saturated rings. The van der Waals surface area contributed by atoms with E-state index in [-0.39, 0.29) is 18.2 Å². The number of guanidine groups is 1. The zero-order chi connectivity index (χ0) is 20.2. The summed E-state index contributed by atoms with van der Waals surface area (Å²) in [5.41, 5.74) is 2.46. The Morgan fingerprint density at radius 3 is 2.39 bits per heavy atom. The number of likely N-dealkylation sites (N-methyl/N-ethyl adjacent to an activating group) is 1. The minimum absolute atomic E-state index is 0.270. The van der Waals surface area contributed by atoms with Gasteiger partial charge in [0.05, 0.1) is 6.54 Å². The van der Waals surface area contributed by atoms with Crippen LogP contribution in [-0.4, -0.2) is 75.6 Å². The molecule has 3 amide bonds.